The van der Waals surface area contributed by atoms with Gasteiger partial charge in [-0.15, -0.1) is 0 Å². The van der Waals surface area contributed by atoms with Gasteiger partial charge < -0.3 is 19.9 Å². The Labute approximate surface area is 158 Å². The molecule has 2 aromatic rings. The van der Waals surface area contributed by atoms with Gasteiger partial charge in [-0.2, -0.15) is 5.26 Å². The largest absolute Gasteiger partial charge is 0.444 e. The van der Waals surface area contributed by atoms with E-state index in [1.807, 2.05) is 18.2 Å². The highest BCUT2D eigenvalue weighted by Crippen LogP contribution is 2.23. The topological polar surface area (TPSA) is 104 Å². The molecule has 2 rings (SSSR count). The number of rotatable bonds is 6. The molecule has 0 aliphatic carbocycles. The Bertz CT molecular complexity index is 807. The molecule has 0 saturated heterocycles. The molecule has 0 radical (unpaired) electrons. The van der Waals surface area contributed by atoms with Crippen molar-refractivity contribution in [2.24, 2.45) is 0 Å². The summed E-state index contributed by atoms with van der Waals surface area (Å²) in [6, 6.07) is 12.0. The quantitative estimate of drug-likeness (QED) is 0.810. The van der Waals surface area contributed by atoms with Crippen LogP contribution in [0.3, 0.4) is 0 Å². The number of nitrogens with one attached hydrogen (secondary N) is 1. The van der Waals surface area contributed by atoms with E-state index in [1.165, 1.54) is 0 Å². The number of hydrogen-bond acceptors (Lipinski definition) is 6. The van der Waals surface area contributed by atoms with Gasteiger partial charge in [0, 0.05) is 6.20 Å². The van der Waals surface area contributed by atoms with Crippen LogP contribution in [0.25, 0.3) is 0 Å². The molecule has 0 fully saturated rings. The van der Waals surface area contributed by atoms with E-state index in [-0.39, 0.29) is 12.5 Å². The van der Waals surface area contributed by atoms with Crippen molar-refractivity contribution in [1.82, 2.24) is 10.3 Å². The molecule has 0 saturated carbocycles. The number of carbonyl (C=O) groups is 1. The van der Waals surface area contributed by atoms with Crippen molar-refractivity contribution in [3.05, 3.63) is 53.7 Å². The summed E-state index contributed by atoms with van der Waals surface area (Å²) in [5.41, 5.74) is 0.652. The van der Waals surface area contributed by atoms with Gasteiger partial charge in [0.15, 0.2) is 0 Å². The average Bonchev–Trinajstić information content (AvgIpc) is 2.61. The number of aromatic nitrogens is 1. The van der Waals surface area contributed by atoms with Gasteiger partial charge in [-0.05, 0) is 57.0 Å². The Morgan fingerprint density at radius 2 is 2.00 bits per heavy atom. The lowest BCUT2D eigenvalue weighted by molar-refractivity contribution is 0.0483. The first-order valence-corrected chi connectivity index (χ1v) is 8.53. The second-order valence-corrected chi connectivity index (χ2v) is 6.94. The maximum absolute atomic E-state index is 11.8. The molecule has 1 amide bonds. The number of aliphatic hydroxyl groups excluding tert-OH is 1. The van der Waals surface area contributed by atoms with Crippen LogP contribution in [-0.2, 0) is 11.2 Å². The third-order valence-electron chi connectivity index (χ3n) is 3.45. The number of pyridine rings is 1. The van der Waals surface area contributed by atoms with E-state index < -0.39 is 17.7 Å². The van der Waals surface area contributed by atoms with Crippen LogP contribution in [0, 0.1) is 11.3 Å². The minimum Gasteiger partial charge on any atom is -0.444 e. The van der Waals surface area contributed by atoms with Crippen LogP contribution in [0.2, 0.25) is 0 Å². The van der Waals surface area contributed by atoms with Crippen molar-refractivity contribution in [1.29, 1.82) is 5.26 Å². The zero-order valence-electron chi connectivity index (χ0n) is 15.6. The number of ether oxygens (including phenoxy) is 2. The molecule has 0 aliphatic heterocycles. The second-order valence-electron chi connectivity index (χ2n) is 6.94. The smallest absolute Gasteiger partial charge is 0.407 e. The first-order chi connectivity index (χ1) is 12.8. The van der Waals surface area contributed by atoms with E-state index in [9.17, 15) is 9.90 Å². The lowest BCUT2D eigenvalue weighted by Gasteiger charge is -2.22. The second kappa shape index (κ2) is 9.01. The van der Waals surface area contributed by atoms with Crippen LogP contribution in [0.4, 0.5) is 4.79 Å². The highest BCUT2D eigenvalue weighted by molar-refractivity contribution is 5.68. The van der Waals surface area contributed by atoms with Gasteiger partial charge in [-0.1, -0.05) is 12.1 Å². The van der Waals surface area contributed by atoms with Crippen molar-refractivity contribution >= 4 is 6.09 Å². The number of nitriles is 1. The maximum Gasteiger partial charge on any atom is 0.407 e. The van der Waals surface area contributed by atoms with E-state index >= 15 is 0 Å². The fourth-order valence-electron chi connectivity index (χ4n) is 2.28. The third kappa shape index (κ3) is 6.60. The van der Waals surface area contributed by atoms with Crippen LogP contribution in [0.1, 0.15) is 31.9 Å². The normalized spacial score (nSPS) is 12.0. The average molecular weight is 369 g/mol. The number of benzene rings is 1. The molecule has 0 spiro atoms. The van der Waals surface area contributed by atoms with Gasteiger partial charge in [0.05, 0.1) is 12.6 Å². The summed E-state index contributed by atoms with van der Waals surface area (Å²) in [5.74, 6) is 0.780. The van der Waals surface area contributed by atoms with Gasteiger partial charge in [0.25, 0.3) is 0 Å². The van der Waals surface area contributed by atoms with E-state index in [2.05, 4.69) is 10.3 Å². The van der Waals surface area contributed by atoms with Gasteiger partial charge in [-0.3, -0.25) is 0 Å². The summed E-state index contributed by atoms with van der Waals surface area (Å²) in [6.07, 6.45) is 1.42. The summed E-state index contributed by atoms with van der Waals surface area (Å²) in [6.45, 7) is 5.12. The minimum absolute atomic E-state index is 0.211. The molecule has 7 nitrogen and oxygen atoms in total. The number of carbonyl (C=O) groups excluding carboxylic acids is 1. The van der Waals surface area contributed by atoms with Gasteiger partial charge in [-0.25, -0.2) is 9.78 Å². The minimum atomic E-state index is -0.600. The van der Waals surface area contributed by atoms with Gasteiger partial charge in [0.2, 0.25) is 5.88 Å². The van der Waals surface area contributed by atoms with Crippen LogP contribution in [0.15, 0.2) is 42.6 Å². The van der Waals surface area contributed by atoms with Crippen molar-refractivity contribution in [3.8, 4) is 17.7 Å². The highest BCUT2D eigenvalue weighted by atomic mass is 16.6. The molecule has 1 heterocycles. The SMILES string of the molecule is CC(C)(C)OC(=O)N[C@H](CO)Cc1ccc(Oc2ncccc2C#N)cc1. The summed E-state index contributed by atoms with van der Waals surface area (Å²) >= 11 is 0. The predicted molar refractivity (Wildman–Crippen MR) is 99.4 cm³/mol. The molecule has 0 aliphatic rings. The predicted octanol–water partition coefficient (Wildman–Crippen LogP) is 3.17. The van der Waals surface area contributed by atoms with Crippen LogP contribution in [0.5, 0.6) is 11.6 Å². The summed E-state index contributed by atoms with van der Waals surface area (Å²) in [7, 11) is 0. The molecule has 142 valence electrons. The lowest BCUT2D eigenvalue weighted by atomic mass is 10.1. The Balaban J connectivity index is 1.98. The fourth-order valence-corrected chi connectivity index (χ4v) is 2.28. The van der Waals surface area contributed by atoms with E-state index in [0.717, 1.165) is 5.56 Å². The number of aliphatic hydroxyl groups is 1. The maximum atomic E-state index is 11.8. The van der Waals surface area contributed by atoms with Gasteiger partial charge >= 0.3 is 6.09 Å². The van der Waals surface area contributed by atoms with Crippen molar-refractivity contribution < 1.29 is 19.4 Å². The van der Waals surface area contributed by atoms with E-state index in [0.29, 0.717) is 17.7 Å². The first kappa shape index (κ1) is 20.2. The van der Waals surface area contributed by atoms with E-state index in [1.54, 1.807) is 51.2 Å². The molecule has 0 bridgehead atoms. The Morgan fingerprint density at radius 1 is 1.30 bits per heavy atom. The molecular weight excluding hydrogens is 346 g/mol. The van der Waals surface area contributed by atoms with E-state index in [4.69, 9.17) is 14.7 Å². The summed E-state index contributed by atoms with van der Waals surface area (Å²) in [4.78, 5) is 15.9. The summed E-state index contributed by atoms with van der Waals surface area (Å²) < 4.78 is 10.8. The standard InChI is InChI=1S/C20H23N3O4/c1-20(2,3)27-19(25)23-16(13-24)11-14-6-8-17(9-7-14)26-18-15(12-21)5-4-10-22-18/h4-10,16,24H,11,13H2,1-3H3,(H,23,25)/t16-/m0/s1. The molecule has 1 aromatic heterocycles. The zero-order chi connectivity index (χ0) is 19.9. The van der Waals surface area contributed by atoms with Crippen LogP contribution >= 0.6 is 0 Å². The Hall–Kier alpha value is -3.11. The fraction of sp³-hybridized carbons (Fsp3) is 0.350. The highest BCUT2D eigenvalue weighted by Gasteiger charge is 2.19. The first-order valence-electron chi connectivity index (χ1n) is 8.53. The van der Waals surface area contributed by atoms with Crippen molar-refractivity contribution in [2.45, 2.75) is 38.8 Å². The monoisotopic (exact) mass is 369 g/mol. The molecular formula is C20H23N3O4. The molecule has 7 heteroatoms. The number of alkyl carbamates (subject to hydrolysis) is 1. The number of hydrogen-bond donors (Lipinski definition) is 2. The Kier molecular flexibility index (Phi) is 6.74. The number of amides is 1. The lowest BCUT2D eigenvalue weighted by Crippen LogP contribution is -2.42. The Morgan fingerprint density at radius 3 is 2.59 bits per heavy atom. The van der Waals surface area contributed by atoms with Crippen LogP contribution in [-0.4, -0.2) is 34.4 Å². The summed E-state index contributed by atoms with van der Waals surface area (Å²) in [5, 5.41) is 21.2. The van der Waals surface area contributed by atoms with Gasteiger partial charge in [0.1, 0.15) is 23.0 Å². The molecule has 0 unspecified atom stereocenters. The zero-order valence-corrected chi connectivity index (χ0v) is 15.6. The van der Waals surface area contributed by atoms with Crippen LogP contribution < -0.4 is 10.1 Å². The molecule has 1 aromatic carbocycles. The number of nitrogens with zero attached hydrogens (tertiary/aromatic N) is 2. The van der Waals surface area contributed by atoms with Crippen molar-refractivity contribution in [2.75, 3.05) is 6.61 Å². The third-order valence-corrected chi connectivity index (χ3v) is 3.45. The molecule has 2 N–H and O–H groups in total. The molecule has 27 heavy (non-hydrogen) atoms. The molecule has 1 atom stereocenters. The van der Waals surface area contributed by atoms with Crippen molar-refractivity contribution in [3.63, 3.8) is 0 Å².